The smallest absolute Gasteiger partial charge is 0.139 e. The van der Waals surface area contributed by atoms with E-state index in [0.717, 1.165) is 23.3 Å². The predicted octanol–water partition coefficient (Wildman–Crippen LogP) is 3.64. The van der Waals surface area contributed by atoms with Crippen molar-refractivity contribution in [2.24, 2.45) is 0 Å². The highest BCUT2D eigenvalue weighted by atomic mass is 15.2. The van der Waals surface area contributed by atoms with Crippen LogP contribution >= 0.6 is 0 Å². The van der Waals surface area contributed by atoms with Crippen LogP contribution in [0.25, 0.3) is 10.9 Å². The molecule has 2 aromatic carbocycles. The first kappa shape index (κ1) is 15.3. The van der Waals surface area contributed by atoms with Gasteiger partial charge in [-0.05, 0) is 36.2 Å². The molecule has 0 saturated carbocycles. The minimum absolute atomic E-state index is 0.807. The third-order valence-electron chi connectivity index (χ3n) is 4.05. The SMILES string of the molecule is Cc1cccc2c(N(C)Cc3cccc(N(C)C)c3)ncnc12. The summed E-state index contributed by atoms with van der Waals surface area (Å²) in [4.78, 5) is 13.2. The van der Waals surface area contributed by atoms with Gasteiger partial charge in [0.2, 0.25) is 0 Å². The molecule has 0 amide bonds. The molecule has 1 aromatic heterocycles. The van der Waals surface area contributed by atoms with Crippen LogP contribution < -0.4 is 9.80 Å². The number of anilines is 2. The highest BCUT2D eigenvalue weighted by molar-refractivity contribution is 5.91. The molecular formula is C19H22N4. The first-order valence-corrected chi connectivity index (χ1v) is 7.74. The molecule has 23 heavy (non-hydrogen) atoms. The molecule has 0 saturated heterocycles. The fraction of sp³-hybridized carbons (Fsp3) is 0.263. The van der Waals surface area contributed by atoms with E-state index in [9.17, 15) is 0 Å². The van der Waals surface area contributed by atoms with Crippen molar-refractivity contribution in [3.8, 4) is 0 Å². The second-order valence-corrected chi connectivity index (χ2v) is 6.09. The van der Waals surface area contributed by atoms with Crippen LogP contribution in [-0.2, 0) is 6.54 Å². The van der Waals surface area contributed by atoms with E-state index in [1.807, 2.05) is 0 Å². The normalized spacial score (nSPS) is 10.8. The van der Waals surface area contributed by atoms with Crippen molar-refractivity contribution >= 4 is 22.4 Å². The van der Waals surface area contributed by atoms with Crippen molar-refractivity contribution in [3.63, 3.8) is 0 Å². The summed E-state index contributed by atoms with van der Waals surface area (Å²) in [5.41, 5.74) is 4.66. The molecule has 0 aliphatic rings. The molecule has 3 rings (SSSR count). The van der Waals surface area contributed by atoms with Crippen LogP contribution in [0.4, 0.5) is 11.5 Å². The van der Waals surface area contributed by atoms with Gasteiger partial charge in [0.15, 0.2) is 0 Å². The van der Waals surface area contributed by atoms with Crippen LogP contribution in [0.1, 0.15) is 11.1 Å². The molecule has 0 fully saturated rings. The lowest BCUT2D eigenvalue weighted by Gasteiger charge is -2.21. The van der Waals surface area contributed by atoms with Gasteiger partial charge in [0.1, 0.15) is 12.1 Å². The molecule has 0 aliphatic heterocycles. The molecule has 4 nitrogen and oxygen atoms in total. The number of rotatable bonds is 4. The summed E-state index contributed by atoms with van der Waals surface area (Å²) in [7, 11) is 6.19. The Kier molecular flexibility index (Phi) is 4.15. The van der Waals surface area contributed by atoms with Crippen molar-refractivity contribution in [2.45, 2.75) is 13.5 Å². The maximum absolute atomic E-state index is 4.51. The Labute approximate surface area is 137 Å². The van der Waals surface area contributed by atoms with Crippen LogP contribution in [0, 0.1) is 6.92 Å². The molecule has 118 valence electrons. The Hall–Kier alpha value is -2.62. The summed E-state index contributed by atoms with van der Waals surface area (Å²) in [6.45, 7) is 2.89. The van der Waals surface area contributed by atoms with Crippen molar-refractivity contribution in [1.29, 1.82) is 0 Å². The van der Waals surface area contributed by atoms with E-state index >= 15 is 0 Å². The van der Waals surface area contributed by atoms with Gasteiger partial charge in [0.25, 0.3) is 0 Å². The second kappa shape index (κ2) is 6.24. The Bertz CT molecular complexity index is 826. The molecule has 0 N–H and O–H groups in total. The van der Waals surface area contributed by atoms with Gasteiger partial charge in [0, 0.05) is 38.8 Å². The van der Waals surface area contributed by atoms with E-state index in [1.165, 1.54) is 16.8 Å². The Balaban J connectivity index is 1.94. The van der Waals surface area contributed by atoms with Gasteiger partial charge in [-0.15, -0.1) is 0 Å². The van der Waals surface area contributed by atoms with Gasteiger partial charge >= 0.3 is 0 Å². The lowest BCUT2D eigenvalue weighted by atomic mass is 10.1. The number of nitrogens with zero attached hydrogens (tertiary/aromatic N) is 4. The fourth-order valence-corrected chi connectivity index (χ4v) is 2.81. The van der Waals surface area contributed by atoms with Crippen molar-refractivity contribution in [2.75, 3.05) is 30.9 Å². The lowest BCUT2D eigenvalue weighted by Crippen LogP contribution is -2.18. The number of aryl methyl sites for hydroxylation is 1. The van der Waals surface area contributed by atoms with E-state index in [1.54, 1.807) is 6.33 Å². The molecule has 0 aliphatic carbocycles. The molecular weight excluding hydrogens is 284 g/mol. The van der Waals surface area contributed by atoms with E-state index in [2.05, 4.69) is 90.3 Å². The van der Waals surface area contributed by atoms with Crippen LogP contribution in [0.5, 0.6) is 0 Å². The van der Waals surface area contributed by atoms with Gasteiger partial charge in [-0.25, -0.2) is 9.97 Å². The molecule has 0 spiro atoms. The standard InChI is InChI=1S/C19H22N4/c1-14-7-5-10-17-18(14)20-13-21-19(17)23(4)12-15-8-6-9-16(11-15)22(2)3/h5-11,13H,12H2,1-4H3. The van der Waals surface area contributed by atoms with Gasteiger partial charge in [-0.1, -0.05) is 24.3 Å². The van der Waals surface area contributed by atoms with Crippen molar-refractivity contribution < 1.29 is 0 Å². The summed E-state index contributed by atoms with van der Waals surface area (Å²) in [5.74, 6) is 0.967. The van der Waals surface area contributed by atoms with E-state index < -0.39 is 0 Å². The van der Waals surface area contributed by atoms with Gasteiger partial charge in [-0.3, -0.25) is 0 Å². The van der Waals surface area contributed by atoms with Gasteiger partial charge in [0.05, 0.1) is 5.52 Å². The summed E-state index contributed by atoms with van der Waals surface area (Å²) in [6.07, 6.45) is 1.65. The fourth-order valence-electron chi connectivity index (χ4n) is 2.81. The zero-order chi connectivity index (χ0) is 16.4. The summed E-state index contributed by atoms with van der Waals surface area (Å²) in [5, 5.41) is 1.10. The maximum atomic E-state index is 4.51. The van der Waals surface area contributed by atoms with Gasteiger partial charge < -0.3 is 9.80 Å². The lowest BCUT2D eigenvalue weighted by molar-refractivity contribution is 0.899. The Morgan fingerprint density at radius 2 is 1.74 bits per heavy atom. The topological polar surface area (TPSA) is 32.3 Å². The molecule has 0 radical (unpaired) electrons. The second-order valence-electron chi connectivity index (χ2n) is 6.09. The maximum Gasteiger partial charge on any atom is 0.139 e. The zero-order valence-corrected chi connectivity index (χ0v) is 14.1. The number of hydrogen-bond acceptors (Lipinski definition) is 4. The largest absolute Gasteiger partial charge is 0.378 e. The van der Waals surface area contributed by atoms with Crippen LogP contribution in [0.15, 0.2) is 48.8 Å². The minimum Gasteiger partial charge on any atom is -0.378 e. The molecule has 0 bridgehead atoms. The molecule has 0 unspecified atom stereocenters. The van der Waals surface area contributed by atoms with Gasteiger partial charge in [-0.2, -0.15) is 0 Å². The molecule has 4 heteroatoms. The molecule has 1 heterocycles. The highest BCUT2D eigenvalue weighted by Gasteiger charge is 2.10. The average molecular weight is 306 g/mol. The van der Waals surface area contributed by atoms with Crippen LogP contribution in [0.2, 0.25) is 0 Å². The first-order chi connectivity index (χ1) is 11.1. The number of para-hydroxylation sites is 1. The quantitative estimate of drug-likeness (QED) is 0.736. The van der Waals surface area contributed by atoms with E-state index in [-0.39, 0.29) is 0 Å². The van der Waals surface area contributed by atoms with Crippen LogP contribution in [0.3, 0.4) is 0 Å². The highest BCUT2D eigenvalue weighted by Crippen LogP contribution is 2.25. The summed E-state index contributed by atoms with van der Waals surface area (Å²) >= 11 is 0. The molecule has 3 aromatic rings. The van der Waals surface area contributed by atoms with E-state index in [0.29, 0.717) is 0 Å². The van der Waals surface area contributed by atoms with Crippen molar-refractivity contribution in [3.05, 3.63) is 59.9 Å². The minimum atomic E-state index is 0.807. The summed E-state index contributed by atoms with van der Waals surface area (Å²) < 4.78 is 0. The van der Waals surface area contributed by atoms with E-state index in [4.69, 9.17) is 0 Å². The van der Waals surface area contributed by atoms with Crippen LogP contribution in [-0.4, -0.2) is 31.1 Å². The number of fused-ring (bicyclic) bond motifs is 1. The monoisotopic (exact) mass is 306 g/mol. The number of hydrogen-bond donors (Lipinski definition) is 0. The third kappa shape index (κ3) is 3.11. The number of benzene rings is 2. The summed E-state index contributed by atoms with van der Waals surface area (Å²) in [6, 6.07) is 14.8. The Morgan fingerprint density at radius 3 is 2.52 bits per heavy atom. The zero-order valence-electron chi connectivity index (χ0n) is 14.1. The number of aromatic nitrogens is 2. The first-order valence-electron chi connectivity index (χ1n) is 7.74. The Morgan fingerprint density at radius 1 is 0.957 bits per heavy atom. The predicted molar refractivity (Wildman–Crippen MR) is 97.2 cm³/mol. The third-order valence-corrected chi connectivity index (χ3v) is 4.05. The average Bonchev–Trinajstić information content (AvgIpc) is 2.55. The molecule has 0 atom stereocenters. The van der Waals surface area contributed by atoms with Crippen molar-refractivity contribution in [1.82, 2.24) is 9.97 Å².